The molecule has 0 radical (unpaired) electrons. The second kappa shape index (κ2) is 6.95. The van der Waals surface area contributed by atoms with Crippen molar-refractivity contribution in [3.05, 3.63) is 90.5 Å². The van der Waals surface area contributed by atoms with Gasteiger partial charge in [-0.1, -0.05) is 36.9 Å². The number of aromatic amines is 1. The molecule has 0 amide bonds. The quantitative estimate of drug-likeness (QED) is 0.619. The first-order chi connectivity index (χ1) is 9.85. The van der Waals surface area contributed by atoms with Gasteiger partial charge in [0.05, 0.1) is 0 Å². The lowest BCUT2D eigenvalue weighted by molar-refractivity contribution is 0.112. The number of allylic oxidation sites excluding steroid dienone is 2. The second-order valence-electron chi connectivity index (χ2n) is 4.14. The summed E-state index contributed by atoms with van der Waals surface area (Å²) in [5.74, 6) is 0. The van der Waals surface area contributed by atoms with Crippen molar-refractivity contribution in [2.24, 2.45) is 0 Å². The Morgan fingerprint density at radius 1 is 1.20 bits per heavy atom. The summed E-state index contributed by atoms with van der Waals surface area (Å²) in [4.78, 5) is 13.9. The Hall–Kier alpha value is -2.81. The summed E-state index contributed by atoms with van der Waals surface area (Å²) in [5.41, 5.74) is 3.71. The number of carbonyl (C=O) groups is 1. The monoisotopic (exact) mass is 264 g/mol. The molecule has 0 spiro atoms. The lowest BCUT2D eigenvalue weighted by Gasteiger charge is -2.07. The van der Waals surface area contributed by atoms with Crippen LogP contribution in [0.5, 0.6) is 0 Å². The molecule has 20 heavy (non-hydrogen) atoms. The predicted molar refractivity (Wildman–Crippen MR) is 82.2 cm³/mol. The SMILES string of the molecule is C=C/C=C\N/C=C(/c1ccc(C=O)cc1)c1ccc[nH]1. The van der Waals surface area contributed by atoms with Crippen LogP contribution in [0.3, 0.4) is 0 Å². The molecule has 2 rings (SSSR count). The van der Waals surface area contributed by atoms with Gasteiger partial charge in [0, 0.05) is 35.4 Å². The maximum atomic E-state index is 10.7. The van der Waals surface area contributed by atoms with Gasteiger partial charge in [-0.15, -0.1) is 0 Å². The van der Waals surface area contributed by atoms with Gasteiger partial charge in [-0.25, -0.2) is 0 Å². The number of hydrogen-bond acceptors (Lipinski definition) is 2. The van der Waals surface area contributed by atoms with Crippen LogP contribution in [0, 0.1) is 0 Å². The van der Waals surface area contributed by atoms with E-state index in [1.807, 2.05) is 42.7 Å². The number of H-pyrrole nitrogens is 1. The van der Waals surface area contributed by atoms with E-state index in [0.717, 1.165) is 23.1 Å². The Balaban J connectivity index is 2.32. The van der Waals surface area contributed by atoms with E-state index < -0.39 is 0 Å². The Morgan fingerprint density at radius 2 is 2.00 bits per heavy atom. The average molecular weight is 264 g/mol. The van der Waals surface area contributed by atoms with Crippen LogP contribution in [0.1, 0.15) is 21.6 Å². The van der Waals surface area contributed by atoms with E-state index >= 15 is 0 Å². The Morgan fingerprint density at radius 3 is 2.60 bits per heavy atom. The van der Waals surface area contributed by atoms with E-state index in [1.165, 1.54) is 0 Å². The molecule has 2 aromatic rings. The first-order valence-electron chi connectivity index (χ1n) is 6.28. The molecule has 0 atom stereocenters. The van der Waals surface area contributed by atoms with E-state index in [0.29, 0.717) is 5.56 Å². The molecule has 0 aliphatic rings. The van der Waals surface area contributed by atoms with E-state index in [-0.39, 0.29) is 0 Å². The Kier molecular flexibility index (Phi) is 4.73. The molecule has 1 aromatic heterocycles. The lowest BCUT2D eigenvalue weighted by Crippen LogP contribution is -1.98. The van der Waals surface area contributed by atoms with Gasteiger partial charge >= 0.3 is 0 Å². The van der Waals surface area contributed by atoms with E-state index in [4.69, 9.17) is 0 Å². The summed E-state index contributed by atoms with van der Waals surface area (Å²) in [6.07, 6.45) is 9.94. The average Bonchev–Trinajstić information content (AvgIpc) is 3.02. The number of carbonyl (C=O) groups excluding carboxylic acids is 1. The zero-order chi connectivity index (χ0) is 14.2. The molecule has 0 saturated heterocycles. The van der Waals surface area contributed by atoms with Gasteiger partial charge in [0.25, 0.3) is 0 Å². The highest BCUT2D eigenvalue weighted by atomic mass is 16.1. The van der Waals surface area contributed by atoms with Crippen LogP contribution in [0.4, 0.5) is 0 Å². The number of rotatable bonds is 6. The zero-order valence-corrected chi connectivity index (χ0v) is 11.0. The van der Waals surface area contributed by atoms with Crippen LogP contribution < -0.4 is 5.32 Å². The van der Waals surface area contributed by atoms with Gasteiger partial charge in [0.15, 0.2) is 0 Å². The van der Waals surface area contributed by atoms with Crippen molar-refractivity contribution in [2.75, 3.05) is 0 Å². The standard InChI is InChI=1S/C17H16N2O/c1-2-3-10-18-12-16(17-5-4-11-19-17)15-8-6-14(13-20)7-9-15/h2-13,18-19H,1H2/b10-3-,16-12-. The van der Waals surface area contributed by atoms with Crippen molar-refractivity contribution in [1.29, 1.82) is 0 Å². The summed E-state index contributed by atoms with van der Waals surface area (Å²) in [7, 11) is 0. The first kappa shape index (κ1) is 13.6. The summed E-state index contributed by atoms with van der Waals surface area (Å²) in [6.45, 7) is 3.62. The summed E-state index contributed by atoms with van der Waals surface area (Å²) in [5, 5.41) is 3.10. The number of nitrogens with one attached hydrogen (secondary N) is 2. The van der Waals surface area contributed by atoms with Crippen LogP contribution >= 0.6 is 0 Å². The third-order valence-corrected chi connectivity index (χ3v) is 2.80. The molecular weight excluding hydrogens is 248 g/mol. The van der Waals surface area contributed by atoms with Crippen molar-refractivity contribution >= 4 is 11.9 Å². The summed E-state index contributed by atoms with van der Waals surface area (Å²) >= 11 is 0. The van der Waals surface area contributed by atoms with Crippen molar-refractivity contribution in [3.8, 4) is 0 Å². The summed E-state index contributed by atoms with van der Waals surface area (Å²) in [6, 6.07) is 11.4. The molecule has 1 aromatic carbocycles. The molecule has 0 saturated carbocycles. The third kappa shape index (κ3) is 3.36. The molecule has 0 aliphatic heterocycles. The molecule has 0 fully saturated rings. The number of aldehydes is 1. The van der Waals surface area contributed by atoms with Gasteiger partial charge in [0.1, 0.15) is 6.29 Å². The fourth-order valence-electron chi connectivity index (χ4n) is 1.81. The van der Waals surface area contributed by atoms with E-state index in [2.05, 4.69) is 16.9 Å². The summed E-state index contributed by atoms with van der Waals surface area (Å²) < 4.78 is 0. The molecule has 3 heteroatoms. The fourth-order valence-corrected chi connectivity index (χ4v) is 1.81. The Labute approximate surface area is 118 Å². The normalized spacial score (nSPS) is 11.5. The van der Waals surface area contributed by atoms with Crippen molar-refractivity contribution < 1.29 is 4.79 Å². The topological polar surface area (TPSA) is 44.9 Å². The van der Waals surface area contributed by atoms with Crippen LogP contribution in [0.2, 0.25) is 0 Å². The maximum Gasteiger partial charge on any atom is 0.150 e. The molecule has 2 N–H and O–H groups in total. The highest BCUT2D eigenvalue weighted by Gasteiger charge is 2.05. The molecular formula is C17H16N2O. The van der Waals surface area contributed by atoms with Crippen LogP contribution in [-0.2, 0) is 0 Å². The smallest absolute Gasteiger partial charge is 0.150 e. The molecule has 0 aliphatic carbocycles. The van der Waals surface area contributed by atoms with Crippen molar-refractivity contribution in [3.63, 3.8) is 0 Å². The largest absolute Gasteiger partial charge is 0.367 e. The van der Waals surface area contributed by atoms with Gasteiger partial charge in [-0.3, -0.25) is 4.79 Å². The lowest BCUT2D eigenvalue weighted by atomic mass is 10.0. The van der Waals surface area contributed by atoms with Gasteiger partial charge in [-0.2, -0.15) is 0 Å². The van der Waals surface area contributed by atoms with Gasteiger partial charge in [-0.05, 0) is 23.8 Å². The zero-order valence-electron chi connectivity index (χ0n) is 11.0. The van der Waals surface area contributed by atoms with Crippen LogP contribution in [-0.4, -0.2) is 11.3 Å². The molecule has 100 valence electrons. The second-order valence-corrected chi connectivity index (χ2v) is 4.14. The van der Waals surface area contributed by atoms with Crippen molar-refractivity contribution in [1.82, 2.24) is 10.3 Å². The Bertz CT molecular complexity index is 620. The number of hydrogen-bond donors (Lipinski definition) is 2. The van der Waals surface area contributed by atoms with Gasteiger partial charge in [0.2, 0.25) is 0 Å². The number of benzene rings is 1. The first-order valence-corrected chi connectivity index (χ1v) is 6.28. The van der Waals surface area contributed by atoms with E-state index in [1.54, 1.807) is 24.4 Å². The van der Waals surface area contributed by atoms with Crippen molar-refractivity contribution in [2.45, 2.75) is 0 Å². The highest BCUT2D eigenvalue weighted by molar-refractivity contribution is 5.80. The van der Waals surface area contributed by atoms with Crippen LogP contribution in [0.15, 0.2) is 73.7 Å². The molecule has 3 nitrogen and oxygen atoms in total. The minimum Gasteiger partial charge on any atom is -0.367 e. The van der Waals surface area contributed by atoms with Crippen LogP contribution in [0.25, 0.3) is 5.57 Å². The highest BCUT2D eigenvalue weighted by Crippen LogP contribution is 2.21. The molecule has 0 bridgehead atoms. The minimum absolute atomic E-state index is 0.666. The number of aromatic nitrogens is 1. The third-order valence-electron chi connectivity index (χ3n) is 2.80. The minimum atomic E-state index is 0.666. The van der Waals surface area contributed by atoms with E-state index in [9.17, 15) is 4.79 Å². The van der Waals surface area contributed by atoms with Gasteiger partial charge < -0.3 is 10.3 Å². The predicted octanol–water partition coefficient (Wildman–Crippen LogP) is 3.51. The fraction of sp³-hybridized carbons (Fsp3) is 0. The molecule has 1 heterocycles. The maximum absolute atomic E-state index is 10.7. The molecule has 0 unspecified atom stereocenters.